The Hall–Kier alpha value is -1.91. The number of hydrogen-bond donors (Lipinski definition) is 0. The Morgan fingerprint density at radius 1 is 1.60 bits per heavy atom. The highest BCUT2D eigenvalue weighted by molar-refractivity contribution is 5.95. The summed E-state index contributed by atoms with van der Waals surface area (Å²) in [6.45, 7) is 0. The van der Waals surface area contributed by atoms with Crippen molar-refractivity contribution in [2.75, 3.05) is 21.2 Å². The summed E-state index contributed by atoms with van der Waals surface area (Å²) >= 11 is 0. The highest BCUT2D eigenvalue weighted by Crippen LogP contribution is 2.17. The average Bonchev–Trinajstić information content (AvgIpc) is 2.25. The summed E-state index contributed by atoms with van der Waals surface area (Å²) in [6.07, 6.45) is 4.65. The molecular weight excluding hydrogens is 194 g/mol. The minimum Gasteiger partial charge on any atom is -0.465 e. The van der Waals surface area contributed by atoms with Gasteiger partial charge >= 0.3 is 5.97 Å². The van der Waals surface area contributed by atoms with Crippen molar-refractivity contribution in [3.63, 3.8) is 0 Å². The zero-order chi connectivity index (χ0) is 11.3. The Bertz CT molecular complexity index is 375. The molecular formula is C10H13N3O2. The predicted molar refractivity (Wildman–Crippen MR) is 57.4 cm³/mol. The monoisotopic (exact) mass is 207 g/mol. The van der Waals surface area contributed by atoms with E-state index in [1.54, 1.807) is 17.3 Å². The molecule has 0 aromatic carbocycles. The summed E-state index contributed by atoms with van der Waals surface area (Å²) < 4.78 is 4.63. The van der Waals surface area contributed by atoms with E-state index in [2.05, 4.69) is 14.7 Å². The molecule has 15 heavy (non-hydrogen) atoms. The molecule has 0 fully saturated rings. The molecule has 1 heterocycles. The Labute approximate surface area is 88.4 Å². The first-order chi connectivity index (χ1) is 7.15. The second-order valence-corrected chi connectivity index (χ2v) is 3.09. The van der Waals surface area contributed by atoms with Crippen LogP contribution in [0, 0.1) is 0 Å². The fourth-order valence-electron chi connectivity index (χ4n) is 0.949. The van der Waals surface area contributed by atoms with Crippen LogP contribution in [0.3, 0.4) is 0 Å². The maximum Gasteiger partial charge on any atom is 0.340 e. The number of esters is 1. The third-order valence-electron chi connectivity index (χ3n) is 1.63. The second-order valence-electron chi connectivity index (χ2n) is 3.09. The van der Waals surface area contributed by atoms with Gasteiger partial charge in [0.1, 0.15) is 0 Å². The Balaban J connectivity index is 3.01. The van der Waals surface area contributed by atoms with Gasteiger partial charge < -0.3 is 9.64 Å². The topological polar surface area (TPSA) is 54.8 Å². The predicted octanol–water partition coefficient (Wildman–Crippen LogP) is 1.09. The number of carbonyl (C=O) groups is 1. The number of rotatable bonds is 3. The molecule has 0 saturated carbocycles. The van der Waals surface area contributed by atoms with Gasteiger partial charge in [-0.1, -0.05) is 0 Å². The van der Waals surface area contributed by atoms with Gasteiger partial charge in [-0.25, -0.2) is 9.79 Å². The van der Waals surface area contributed by atoms with Crippen molar-refractivity contribution in [3.05, 3.63) is 24.0 Å². The van der Waals surface area contributed by atoms with Crippen molar-refractivity contribution >= 4 is 18.0 Å². The number of aliphatic imine (C=N–C) groups is 1. The molecule has 0 aliphatic rings. The highest BCUT2D eigenvalue weighted by atomic mass is 16.5. The van der Waals surface area contributed by atoms with Crippen molar-refractivity contribution in [2.24, 2.45) is 4.99 Å². The van der Waals surface area contributed by atoms with Gasteiger partial charge in [0.25, 0.3) is 0 Å². The van der Waals surface area contributed by atoms with Crippen LogP contribution >= 0.6 is 0 Å². The summed E-state index contributed by atoms with van der Waals surface area (Å²) in [6, 6.07) is 1.58. The molecule has 0 aliphatic carbocycles. The van der Waals surface area contributed by atoms with Crippen LogP contribution in [0.4, 0.5) is 5.69 Å². The molecule has 0 bridgehead atoms. The van der Waals surface area contributed by atoms with Crippen LogP contribution in [-0.2, 0) is 4.74 Å². The zero-order valence-electron chi connectivity index (χ0n) is 8.97. The van der Waals surface area contributed by atoms with Gasteiger partial charge in [0.2, 0.25) is 0 Å². The van der Waals surface area contributed by atoms with Crippen molar-refractivity contribution in [1.29, 1.82) is 0 Å². The van der Waals surface area contributed by atoms with Gasteiger partial charge in [-0.05, 0) is 6.07 Å². The molecule has 0 spiro atoms. The number of aromatic nitrogens is 1. The van der Waals surface area contributed by atoms with Crippen molar-refractivity contribution in [2.45, 2.75) is 0 Å². The summed E-state index contributed by atoms with van der Waals surface area (Å²) in [5.41, 5.74) is 0.906. The molecule has 0 aliphatic heterocycles. The van der Waals surface area contributed by atoms with Crippen LogP contribution in [0.5, 0.6) is 0 Å². The van der Waals surface area contributed by atoms with E-state index in [0.717, 1.165) is 0 Å². The summed E-state index contributed by atoms with van der Waals surface area (Å²) in [5, 5.41) is 0. The third kappa shape index (κ3) is 3.05. The average molecular weight is 207 g/mol. The fraction of sp³-hybridized carbons (Fsp3) is 0.300. The van der Waals surface area contributed by atoms with Crippen LogP contribution in [-0.4, -0.2) is 43.4 Å². The molecule has 1 aromatic rings. The van der Waals surface area contributed by atoms with E-state index >= 15 is 0 Å². The number of methoxy groups -OCH3 is 1. The normalized spacial score (nSPS) is 10.3. The SMILES string of the molecule is COC(=O)c1ccncc1N=CN(C)C. The molecule has 80 valence electrons. The van der Waals surface area contributed by atoms with E-state index < -0.39 is 5.97 Å². The zero-order valence-corrected chi connectivity index (χ0v) is 8.97. The van der Waals surface area contributed by atoms with Crippen LogP contribution in [0.15, 0.2) is 23.5 Å². The smallest absolute Gasteiger partial charge is 0.340 e. The maximum absolute atomic E-state index is 11.3. The number of pyridine rings is 1. The van der Waals surface area contributed by atoms with Crippen LogP contribution in [0.2, 0.25) is 0 Å². The Kier molecular flexibility index (Phi) is 3.79. The lowest BCUT2D eigenvalue weighted by molar-refractivity contribution is 0.0601. The standard InChI is InChI=1S/C10H13N3O2/c1-13(2)7-12-9-6-11-5-4-8(9)10(14)15-3/h4-7H,1-3H3. The van der Waals surface area contributed by atoms with Gasteiger partial charge in [0.15, 0.2) is 0 Å². The summed E-state index contributed by atoms with van der Waals surface area (Å²) in [4.78, 5) is 21.1. The molecule has 0 amide bonds. The van der Waals surface area contributed by atoms with Crippen LogP contribution < -0.4 is 0 Å². The van der Waals surface area contributed by atoms with Crippen molar-refractivity contribution < 1.29 is 9.53 Å². The van der Waals surface area contributed by atoms with Crippen molar-refractivity contribution in [1.82, 2.24) is 9.88 Å². The first kappa shape index (κ1) is 11.2. The molecule has 0 unspecified atom stereocenters. The number of nitrogens with zero attached hydrogens (tertiary/aromatic N) is 3. The summed E-state index contributed by atoms with van der Waals surface area (Å²) in [7, 11) is 5.03. The second kappa shape index (κ2) is 5.09. The minimum absolute atomic E-state index is 0.408. The van der Waals surface area contributed by atoms with Crippen LogP contribution in [0.25, 0.3) is 0 Å². The quantitative estimate of drug-likeness (QED) is 0.423. The summed E-state index contributed by atoms with van der Waals surface area (Å²) in [5.74, 6) is -0.414. The van der Waals surface area contributed by atoms with E-state index in [4.69, 9.17) is 0 Å². The Morgan fingerprint density at radius 2 is 2.33 bits per heavy atom. The van der Waals surface area contributed by atoms with Gasteiger partial charge in [0.05, 0.1) is 30.9 Å². The lowest BCUT2D eigenvalue weighted by Gasteiger charge is -2.05. The lowest BCUT2D eigenvalue weighted by atomic mass is 10.2. The highest BCUT2D eigenvalue weighted by Gasteiger charge is 2.09. The van der Waals surface area contributed by atoms with Gasteiger partial charge in [-0.2, -0.15) is 0 Å². The molecule has 5 heteroatoms. The molecule has 1 rings (SSSR count). The van der Waals surface area contributed by atoms with E-state index in [9.17, 15) is 4.79 Å². The molecule has 0 saturated heterocycles. The first-order valence-electron chi connectivity index (χ1n) is 4.38. The molecule has 5 nitrogen and oxygen atoms in total. The minimum atomic E-state index is -0.414. The van der Waals surface area contributed by atoms with E-state index in [0.29, 0.717) is 11.3 Å². The number of hydrogen-bond acceptors (Lipinski definition) is 4. The fourth-order valence-corrected chi connectivity index (χ4v) is 0.949. The van der Waals surface area contributed by atoms with E-state index in [-0.39, 0.29) is 0 Å². The third-order valence-corrected chi connectivity index (χ3v) is 1.63. The van der Waals surface area contributed by atoms with Gasteiger partial charge in [-0.3, -0.25) is 4.98 Å². The maximum atomic E-state index is 11.3. The molecule has 0 radical (unpaired) electrons. The largest absolute Gasteiger partial charge is 0.465 e. The van der Waals surface area contributed by atoms with Crippen molar-refractivity contribution in [3.8, 4) is 0 Å². The molecule has 0 N–H and O–H groups in total. The lowest BCUT2D eigenvalue weighted by Crippen LogP contribution is -2.08. The molecule has 0 atom stereocenters. The van der Waals surface area contributed by atoms with Gasteiger partial charge in [-0.15, -0.1) is 0 Å². The van der Waals surface area contributed by atoms with Gasteiger partial charge in [0, 0.05) is 20.3 Å². The number of ether oxygens (including phenoxy) is 1. The number of carbonyl (C=O) groups excluding carboxylic acids is 1. The molecule has 1 aromatic heterocycles. The first-order valence-corrected chi connectivity index (χ1v) is 4.38. The van der Waals surface area contributed by atoms with Crippen LogP contribution in [0.1, 0.15) is 10.4 Å². The van der Waals surface area contributed by atoms with E-state index in [1.165, 1.54) is 19.5 Å². The van der Waals surface area contributed by atoms with E-state index in [1.807, 2.05) is 14.1 Å². The Morgan fingerprint density at radius 3 is 2.93 bits per heavy atom.